The Hall–Kier alpha value is -1.74. The lowest BCUT2D eigenvalue weighted by Crippen LogP contribution is -2.27. The molecule has 0 N–H and O–H groups in total. The highest BCUT2D eigenvalue weighted by Crippen LogP contribution is 1.93. The Morgan fingerprint density at radius 2 is 2.08 bits per heavy atom. The number of ketones is 1. The van der Waals surface area contributed by atoms with Crippen molar-refractivity contribution in [2.24, 2.45) is 0 Å². The van der Waals surface area contributed by atoms with Crippen molar-refractivity contribution in [3.8, 4) is 0 Å². The van der Waals surface area contributed by atoms with Crippen LogP contribution in [0.4, 0.5) is 0 Å². The van der Waals surface area contributed by atoms with Gasteiger partial charge in [-0.15, -0.1) is 0 Å². The van der Waals surface area contributed by atoms with E-state index in [0.717, 1.165) is 0 Å². The van der Waals surface area contributed by atoms with E-state index >= 15 is 0 Å². The summed E-state index contributed by atoms with van der Waals surface area (Å²) in [5.41, 5.74) is 7.84. The van der Waals surface area contributed by atoms with Crippen LogP contribution in [0.5, 0.6) is 0 Å². The van der Waals surface area contributed by atoms with Gasteiger partial charge in [-0.1, -0.05) is 6.58 Å². The predicted octanol–water partition coefficient (Wildman–Crippen LogP) is 0.365. The molecule has 0 aromatic rings. The van der Waals surface area contributed by atoms with Crippen LogP contribution in [0.3, 0.4) is 0 Å². The topological polar surface area (TPSA) is 79.8 Å². The summed E-state index contributed by atoms with van der Waals surface area (Å²) in [6, 6.07) is 0. The van der Waals surface area contributed by atoms with Gasteiger partial charge in [0.05, 0.1) is 6.61 Å². The molecule has 0 aliphatic carbocycles. The van der Waals surface area contributed by atoms with Crippen molar-refractivity contribution < 1.29 is 19.1 Å². The van der Waals surface area contributed by atoms with Gasteiger partial charge in [0.2, 0.25) is 0 Å². The molecule has 0 amide bonds. The van der Waals surface area contributed by atoms with Crippen molar-refractivity contribution in [3.63, 3.8) is 0 Å². The zero-order valence-electron chi connectivity index (χ0n) is 7.53. The van der Waals surface area contributed by atoms with Crippen molar-refractivity contribution in [1.82, 2.24) is 0 Å². The number of rotatable bonds is 4. The normalized spacial score (nSPS) is 8.46. The molecule has 0 aliphatic heterocycles. The highest BCUT2D eigenvalue weighted by molar-refractivity contribution is 6.65. The van der Waals surface area contributed by atoms with Gasteiger partial charge in [0, 0.05) is 0 Å². The molecule has 0 spiro atoms. The van der Waals surface area contributed by atoms with E-state index in [1.807, 2.05) is 0 Å². The summed E-state index contributed by atoms with van der Waals surface area (Å²) >= 11 is 0. The van der Waals surface area contributed by atoms with Crippen LogP contribution in [0.25, 0.3) is 5.53 Å². The van der Waals surface area contributed by atoms with Gasteiger partial charge in [0.1, 0.15) is 0 Å². The molecule has 0 aromatic carbocycles. The lowest BCUT2D eigenvalue weighted by Gasteiger charge is -1.95. The third-order valence-corrected chi connectivity index (χ3v) is 1.17. The average molecular weight is 182 g/mol. The Morgan fingerprint density at radius 3 is 2.38 bits per heavy atom. The van der Waals surface area contributed by atoms with E-state index in [9.17, 15) is 9.59 Å². The summed E-state index contributed by atoms with van der Waals surface area (Å²) < 4.78 is 4.47. The Kier molecular flexibility index (Phi) is 4.33. The first-order valence-electron chi connectivity index (χ1n) is 3.64. The number of carbonyl (C=O) groups is 2. The first kappa shape index (κ1) is 11.3. The monoisotopic (exact) mass is 182 g/mol. The molecule has 0 saturated carbocycles. The standard InChI is InChI=1S/C8H10N2O3/c1-4-13-8(12)6(10-9)7(11)5(2)3/h2,4H2,1,3H3. The highest BCUT2D eigenvalue weighted by atomic mass is 16.5. The van der Waals surface area contributed by atoms with Crippen molar-refractivity contribution in [2.75, 3.05) is 6.61 Å². The van der Waals surface area contributed by atoms with Crippen LogP contribution in [0.1, 0.15) is 13.8 Å². The molecule has 70 valence electrons. The molecule has 5 nitrogen and oxygen atoms in total. The number of hydrogen-bond donors (Lipinski definition) is 0. The van der Waals surface area contributed by atoms with Crippen molar-refractivity contribution in [3.05, 3.63) is 17.7 Å². The molecule has 0 rings (SSSR count). The maximum absolute atomic E-state index is 11.1. The summed E-state index contributed by atoms with van der Waals surface area (Å²) in [7, 11) is 0. The van der Waals surface area contributed by atoms with E-state index in [-0.39, 0.29) is 12.2 Å². The first-order valence-corrected chi connectivity index (χ1v) is 3.64. The molecule has 5 heteroatoms. The molecule has 0 heterocycles. The van der Waals surface area contributed by atoms with Crippen molar-refractivity contribution in [2.45, 2.75) is 13.8 Å². The smallest absolute Gasteiger partial charge is 0.446 e. The molecule has 0 atom stereocenters. The number of carbonyl (C=O) groups excluding carboxylic acids is 2. The van der Waals surface area contributed by atoms with Gasteiger partial charge < -0.3 is 10.3 Å². The van der Waals surface area contributed by atoms with Gasteiger partial charge in [-0.3, -0.25) is 4.79 Å². The minimum absolute atomic E-state index is 0.112. The maximum atomic E-state index is 11.1. The number of ether oxygens (including phenoxy) is 1. The predicted molar refractivity (Wildman–Crippen MR) is 45.1 cm³/mol. The van der Waals surface area contributed by atoms with Gasteiger partial charge in [-0.25, -0.2) is 4.79 Å². The van der Waals surface area contributed by atoms with Crippen LogP contribution < -0.4 is 0 Å². The number of Topliss-reactive ketones (excluding diaryl/α,β-unsaturated/α-hetero) is 1. The van der Waals surface area contributed by atoms with Crippen LogP contribution in [-0.4, -0.2) is 28.9 Å². The Bertz CT molecular complexity index is 301. The van der Waals surface area contributed by atoms with E-state index in [4.69, 9.17) is 5.53 Å². The fraction of sp³-hybridized carbons (Fsp3) is 0.375. The quantitative estimate of drug-likeness (QED) is 0.157. The van der Waals surface area contributed by atoms with E-state index in [1.54, 1.807) is 6.92 Å². The van der Waals surface area contributed by atoms with Crippen LogP contribution in [0, 0.1) is 0 Å². The zero-order chi connectivity index (χ0) is 10.4. The number of allylic oxidation sites excluding steroid dienone is 1. The third-order valence-electron chi connectivity index (χ3n) is 1.17. The number of hydrogen-bond acceptors (Lipinski definition) is 3. The molecule has 13 heavy (non-hydrogen) atoms. The van der Waals surface area contributed by atoms with Gasteiger partial charge in [0.15, 0.2) is 0 Å². The molecule has 0 saturated heterocycles. The first-order chi connectivity index (χ1) is 6.04. The Morgan fingerprint density at radius 1 is 1.54 bits per heavy atom. The summed E-state index contributed by atoms with van der Waals surface area (Å²) in [4.78, 5) is 24.6. The van der Waals surface area contributed by atoms with Gasteiger partial charge in [0.25, 0.3) is 5.78 Å². The molecule has 0 aromatic heterocycles. The summed E-state index contributed by atoms with van der Waals surface area (Å²) in [5, 5.41) is 0. The SMILES string of the molecule is C=C(C)C(=O)C(=[N+]=[N-])C(=O)OCC. The van der Waals surface area contributed by atoms with Crippen molar-refractivity contribution >= 4 is 17.5 Å². The van der Waals surface area contributed by atoms with Gasteiger partial charge >= 0.3 is 11.7 Å². The molecule has 0 bridgehead atoms. The highest BCUT2D eigenvalue weighted by Gasteiger charge is 2.30. The Labute approximate surface area is 75.6 Å². The van der Waals surface area contributed by atoms with Crippen LogP contribution in [0.15, 0.2) is 12.2 Å². The second kappa shape index (κ2) is 5.00. The lowest BCUT2D eigenvalue weighted by atomic mass is 10.1. The third kappa shape index (κ3) is 3.01. The molecule has 0 fully saturated rings. The summed E-state index contributed by atoms with van der Waals surface area (Å²) in [6.45, 7) is 6.42. The number of nitrogens with zero attached hydrogens (tertiary/aromatic N) is 2. The molecule has 0 unspecified atom stereocenters. The zero-order valence-corrected chi connectivity index (χ0v) is 7.53. The van der Waals surface area contributed by atoms with Gasteiger partial charge in [-0.05, 0) is 19.4 Å². The fourth-order valence-electron chi connectivity index (χ4n) is 0.581. The van der Waals surface area contributed by atoms with Crippen LogP contribution in [0.2, 0.25) is 0 Å². The van der Waals surface area contributed by atoms with E-state index < -0.39 is 17.5 Å². The fourth-order valence-corrected chi connectivity index (χ4v) is 0.581. The minimum Gasteiger partial charge on any atom is -0.457 e. The molecular weight excluding hydrogens is 172 g/mol. The number of esters is 1. The van der Waals surface area contributed by atoms with Crippen molar-refractivity contribution in [1.29, 1.82) is 0 Å². The summed E-state index contributed by atoms with van der Waals surface area (Å²) in [6.07, 6.45) is 0. The summed E-state index contributed by atoms with van der Waals surface area (Å²) in [5.74, 6) is -1.67. The lowest BCUT2D eigenvalue weighted by molar-refractivity contribution is -0.141. The molecule has 0 radical (unpaired) electrons. The minimum atomic E-state index is -0.946. The van der Waals surface area contributed by atoms with E-state index in [2.05, 4.69) is 16.1 Å². The largest absolute Gasteiger partial charge is 0.457 e. The van der Waals surface area contributed by atoms with Gasteiger partial charge in [-0.2, -0.15) is 4.79 Å². The molecule has 0 aliphatic rings. The second-order valence-electron chi connectivity index (χ2n) is 2.28. The van der Waals surface area contributed by atoms with E-state index in [1.165, 1.54) is 6.92 Å². The second-order valence-corrected chi connectivity index (χ2v) is 2.28. The molecular formula is C8H10N2O3. The average Bonchev–Trinajstić information content (AvgIpc) is 2.05. The Balaban J connectivity index is 4.74. The van der Waals surface area contributed by atoms with Crippen LogP contribution >= 0.6 is 0 Å². The van der Waals surface area contributed by atoms with E-state index in [0.29, 0.717) is 0 Å². The maximum Gasteiger partial charge on any atom is 0.446 e. The van der Waals surface area contributed by atoms with Crippen LogP contribution in [-0.2, 0) is 14.3 Å².